The molecule has 1 aliphatic rings. The summed E-state index contributed by atoms with van der Waals surface area (Å²) in [6.07, 6.45) is 2.37. The largest absolute Gasteiger partial charge is 0.494 e. The zero-order valence-electron chi connectivity index (χ0n) is 20.5. The average molecular weight is 531 g/mol. The molecule has 0 bridgehead atoms. The molecule has 0 amide bonds. The van der Waals surface area contributed by atoms with Crippen molar-refractivity contribution in [1.82, 2.24) is 24.5 Å². The molecular weight excluding hydrogens is 504 g/mol. The number of halogens is 4. The van der Waals surface area contributed by atoms with E-state index in [-0.39, 0.29) is 30.2 Å². The van der Waals surface area contributed by atoms with E-state index in [0.717, 1.165) is 12.1 Å². The monoisotopic (exact) mass is 530 g/mol. The van der Waals surface area contributed by atoms with Gasteiger partial charge in [-0.15, -0.1) is 0 Å². The molecule has 1 atom stereocenters. The van der Waals surface area contributed by atoms with Crippen LogP contribution in [0.25, 0.3) is 22.3 Å². The van der Waals surface area contributed by atoms with Gasteiger partial charge in [-0.1, -0.05) is 0 Å². The summed E-state index contributed by atoms with van der Waals surface area (Å²) >= 11 is 0. The van der Waals surface area contributed by atoms with Gasteiger partial charge in [-0.05, 0) is 25.0 Å². The zero-order valence-corrected chi connectivity index (χ0v) is 20.5. The van der Waals surface area contributed by atoms with Crippen LogP contribution in [0.2, 0.25) is 0 Å². The summed E-state index contributed by atoms with van der Waals surface area (Å²) in [5.41, 5.74) is 13.0. The third-order valence-corrected chi connectivity index (χ3v) is 6.73. The summed E-state index contributed by atoms with van der Waals surface area (Å²) in [6.45, 7) is 0.904. The topological polar surface area (TPSA) is 121 Å². The number of hydrogen-bond donors (Lipinski definition) is 2. The summed E-state index contributed by atoms with van der Waals surface area (Å²) < 4.78 is 62.5. The minimum absolute atomic E-state index is 0.00447. The van der Waals surface area contributed by atoms with Gasteiger partial charge in [-0.3, -0.25) is 0 Å². The highest BCUT2D eigenvalue weighted by molar-refractivity contribution is 5.81. The van der Waals surface area contributed by atoms with Crippen molar-refractivity contribution in [2.24, 2.45) is 5.73 Å². The summed E-state index contributed by atoms with van der Waals surface area (Å²) in [4.78, 5) is 19.0. The first-order valence-corrected chi connectivity index (χ1v) is 11.9. The number of aromatic nitrogens is 5. The Bertz CT molecular complexity index is 1480. The summed E-state index contributed by atoms with van der Waals surface area (Å²) in [7, 11) is 1.25. The van der Waals surface area contributed by atoms with Gasteiger partial charge in [0.1, 0.15) is 23.5 Å². The van der Waals surface area contributed by atoms with Gasteiger partial charge in [0, 0.05) is 54.0 Å². The van der Waals surface area contributed by atoms with Crippen molar-refractivity contribution in [2.75, 3.05) is 30.8 Å². The fourth-order valence-electron chi connectivity index (χ4n) is 4.97. The second-order valence-corrected chi connectivity index (χ2v) is 9.46. The predicted molar refractivity (Wildman–Crippen MR) is 134 cm³/mol. The fourth-order valence-corrected chi connectivity index (χ4v) is 4.97. The minimum atomic E-state index is -2.54. The van der Waals surface area contributed by atoms with Gasteiger partial charge in [0.05, 0.1) is 20.0 Å². The quantitative estimate of drug-likeness (QED) is 0.347. The molecule has 4 N–H and O–H groups in total. The first kappa shape index (κ1) is 25.6. The Labute approximate surface area is 215 Å². The van der Waals surface area contributed by atoms with E-state index in [0.29, 0.717) is 47.5 Å². The fraction of sp³-hybridized carbons (Fsp3) is 0.360. The van der Waals surface area contributed by atoms with Gasteiger partial charge in [0.2, 0.25) is 6.43 Å². The number of pyridine rings is 1. The Morgan fingerprint density at radius 3 is 2.68 bits per heavy atom. The van der Waals surface area contributed by atoms with E-state index in [1.807, 2.05) is 4.90 Å². The number of methoxy groups -OCH3 is 1. The SMILES string of the molecule is COc1cc(F)c(-c2cnc(N3CCC[C@](N)(CC(F)F)C3)c(Cn3cnc4c(N)ncnc43)c2)cc1F. The third-order valence-electron chi connectivity index (χ3n) is 6.73. The van der Waals surface area contributed by atoms with E-state index in [2.05, 4.69) is 19.9 Å². The lowest BCUT2D eigenvalue weighted by Crippen LogP contribution is -2.55. The number of fused-ring (bicyclic) bond motifs is 1. The van der Waals surface area contributed by atoms with Crippen LogP contribution in [0, 0.1) is 11.6 Å². The van der Waals surface area contributed by atoms with Gasteiger partial charge in [-0.25, -0.2) is 37.5 Å². The summed E-state index contributed by atoms with van der Waals surface area (Å²) in [5, 5.41) is 0. The lowest BCUT2D eigenvalue weighted by atomic mass is 9.87. The Morgan fingerprint density at radius 2 is 1.92 bits per heavy atom. The second kappa shape index (κ2) is 10.0. The Kier molecular flexibility index (Phi) is 6.78. The number of nitrogen functional groups attached to an aromatic ring is 1. The Balaban J connectivity index is 1.59. The van der Waals surface area contributed by atoms with Crippen LogP contribution >= 0.6 is 0 Å². The van der Waals surface area contributed by atoms with Gasteiger partial charge in [0.15, 0.2) is 23.0 Å². The van der Waals surface area contributed by atoms with Crippen molar-refractivity contribution in [3.05, 3.63) is 54.2 Å². The zero-order chi connectivity index (χ0) is 27.0. The van der Waals surface area contributed by atoms with Crippen LogP contribution in [0.3, 0.4) is 0 Å². The minimum Gasteiger partial charge on any atom is -0.494 e. The maximum absolute atomic E-state index is 14.9. The molecule has 0 radical (unpaired) electrons. The lowest BCUT2D eigenvalue weighted by molar-refractivity contribution is 0.0982. The maximum Gasteiger partial charge on any atom is 0.240 e. The van der Waals surface area contributed by atoms with Gasteiger partial charge < -0.3 is 25.7 Å². The molecular formula is C25H26F4N8O. The van der Waals surface area contributed by atoms with E-state index >= 15 is 0 Å². The number of ether oxygens (including phenoxy) is 1. The molecule has 1 aliphatic heterocycles. The average Bonchev–Trinajstić information content (AvgIpc) is 3.28. The molecule has 0 spiro atoms. The molecule has 200 valence electrons. The van der Waals surface area contributed by atoms with Crippen LogP contribution < -0.4 is 21.1 Å². The number of alkyl halides is 2. The van der Waals surface area contributed by atoms with Crippen LogP contribution in [0.5, 0.6) is 5.75 Å². The molecule has 13 heteroatoms. The van der Waals surface area contributed by atoms with Gasteiger partial charge >= 0.3 is 0 Å². The van der Waals surface area contributed by atoms with E-state index in [1.54, 1.807) is 17.0 Å². The van der Waals surface area contributed by atoms with Crippen molar-refractivity contribution >= 4 is 22.8 Å². The molecule has 0 saturated carbocycles. The van der Waals surface area contributed by atoms with Crippen LogP contribution in [0.1, 0.15) is 24.8 Å². The van der Waals surface area contributed by atoms with Crippen LogP contribution in [0.15, 0.2) is 37.1 Å². The number of anilines is 2. The third kappa shape index (κ3) is 4.93. The Hall–Kier alpha value is -4.00. The van der Waals surface area contributed by atoms with Gasteiger partial charge in [-0.2, -0.15) is 0 Å². The molecule has 4 aromatic rings. The number of benzene rings is 1. The second-order valence-electron chi connectivity index (χ2n) is 9.46. The standard InChI is InChI=1S/C25H26F4N8O/c1-38-19-7-17(26)16(6-18(19)27)14-5-15(10-37-13-35-21-22(30)33-12-34-24(21)37)23(32-9-14)36-4-2-3-25(31,11-36)8-20(28)29/h5-7,9,12-13,20H,2-4,8,10-11,31H2,1H3,(H2,30,33,34)/t25-/m0/s1. The molecule has 9 nitrogen and oxygen atoms in total. The summed E-state index contributed by atoms with van der Waals surface area (Å²) in [5.74, 6) is -0.917. The molecule has 1 fully saturated rings. The van der Waals surface area contributed by atoms with E-state index < -0.39 is 30.0 Å². The van der Waals surface area contributed by atoms with Crippen molar-refractivity contribution in [2.45, 2.75) is 37.8 Å². The van der Waals surface area contributed by atoms with E-state index in [4.69, 9.17) is 16.2 Å². The highest BCUT2D eigenvalue weighted by atomic mass is 19.3. The number of rotatable bonds is 7. The first-order valence-electron chi connectivity index (χ1n) is 11.9. The van der Waals surface area contributed by atoms with Crippen LogP contribution in [-0.2, 0) is 6.54 Å². The molecule has 0 unspecified atom stereocenters. The number of imidazole rings is 1. The normalized spacial score (nSPS) is 17.9. The molecule has 1 saturated heterocycles. The molecule has 5 rings (SSSR count). The van der Waals surface area contributed by atoms with Crippen LogP contribution in [0.4, 0.5) is 29.2 Å². The smallest absolute Gasteiger partial charge is 0.240 e. The highest BCUT2D eigenvalue weighted by Crippen LogP contribution is 2.34. The Morgan fingerprint density at radius 1 is 1.11 bits per heavy atom. The highest BCUT2D eigenvalue weighted by Gasteiger charge is 2.35. The first-order chi connectivity index (χ1) is 18.2. The predicted octanol–water partition coefficient (Wildman–Crippen LogP) is 3.76. The molecule has 38 heavy (non-hydrogen) atoms. The van der Waals surface area contributed by atoms with Crippen molar-refractivity contribution in [3.8, 4) is 16.9 Å². The lowest BCUT2D eigenvalue weighted by Gasteiger charge is -2.41. The molecule has 0 aliphatic carbocycles. The number of piperidine rings is 1. The molecule has 3 aromatic heterocycles. The summed E-state index contributed by atoms with van der Waals surface area (Å²) in [6, 6.07) is 3.70. The number of nitrogens with two attached hydrogens (primary N) is 2. The number of hydrogen-bond acceptors (Lipinski definition) is 8. The molecule has 1 aromatic carbocycles. The number of nitrogens with zero attached hydrogens (tertiary/aromatic N) is 6. The van der Waals surface area contributed by atoms with Crippen molar-refractivity contribution in [3.63, 3.8) is 0 Å². The van der Waals surface area contributed by atoms with E-state index in [1.165, 1.54) is 19.6 Å². The van der Waals surface area contributed by atoms with E-state index in [9.17, 15) is 17.6 Å². The van der Waals surface area contributed by atoms with Crippen molar-refractivity contribution in [1.29, 1.82) is 0 Å². The molecule has 4 heterocycles. The van der Waals surface area contributed by atoms with Crippen LogP contribution in [-0.4, -0.2) is 56.7 Å². The maximum atomic E-state index is 14.9. The van der Waals surface area contributed by atoms with Crippen molar-refractivity contribution < 1.29 is 22.3 Å². The van der Waals surface area contributed by atoms with Gasteiger partial charge in [0.25, 0.3) is 0 Å².